The molecular weight excluding hydrogens is 340 g/mol. The third-order valence-electron chi connectivity index (χ3n) is 4.51. The Bertz CT molecular complexity index is 552. The van der Waals surface area contributed by atoms with Crippen molar-refractivity contribution in [3.63, 3.8) is 0 Å². The second-order valence-electron chi connectivity index (χ2n) is 8.42. The molecule has 152 valence electrons. The van der Waals surface area contributed by atoms with E-state index in [9.17, 15) is 14.7 Å². The Morgan fingerprint density at radius 2 is 1.56 bits per heavy atom. The second-order valence-corrected chi connectivity index (χ2v) is 8.42. The van der Waals surface area contributed by atoms with Crippen molar-refractivity contribution >= 4 is 11.9 Å². The lowest BCUT2D eigenvalue weighted by molar-refractivity contribution is -0.871. The van der Waals surface area contributed by atoms with Gasteiger partial charge in [-0.05, 0) is 24.8 Å². The van der Waals surface area contributed by atoms with Crippen LogP contribution in [0.4, 0.5) is 0 Å². The lowest BCUT2D eigenvalue weighted by Gasteiger charge is -2.30. The molecule has 0 radical (unpaired) electrons. The van der Waals surface area contributed by atoms with Crippen LogP contribution in [0.1, 0.15) is 56.9 Å². The Labute approximate surface area is 164 Å². The molecule has 0 fully saturated rings. The number of hydrogen-bond donors (Lipinski definition) is 1. The van der Waals surface area contributed by atoms with Gasteiger partial charge in [0.1, 0.15) is 0 Å². The predicted molar refractivity (Wildman–Crippen MR) is 107 cm³/mol. The van der Waals surface area contributed by atoms with Crippen LogP contribution in [-0.2, 0) is 16.0 Å². The smallest absolute Gasteiger partial charge is 0.220 e. The molecule has 1 N–H and O–H groups in total. The van der Waals surface area contributed by atoms with E-state index in [0.717, 1.165) is 25.7 Å². The third-order valence-corrected chi connectivity index (χ3v) is 4.51. The summed E-state index contributed by atoms with van der Waals surface area (Å²) in [6.07, 6.45) is 8.13. The van der Waals surface area contributed by atoms with Crippen LogP contribution in [0.5, 0.6) is 0 Å². The van der Waals surface area contributed by atoms with E-state index in [0.29, 0.717) is 17.4 Å². The minimum Gasteiger partial charge on any atom is -0.550 e. The molecule has 0 aromatic heterocycles. The van der Waals surface area contributed by atoms with Gasteiger partial charge in [-0.3, -0.25) is 4.79 Å². The summed E-state index contributed by atoms with van der Waals surface area (Å²) >= 11 is 0. The van der Waals surface area contributed by atoms with Gasteiger partial charge < -0.3 is 19.7 Å². The first kappa shape index (κ1) is 23.2. The molecule has 27 heavy (non-hydrogen) atoms. The summed E-state index contributed by atoms with van der Waals surface area (Å²) in [5, 5.41) is 13.7. The highest BCUT2D eigenvalue weighted by atomic mass is 16.4. The number of carbonyl (C=O) groups excluding carboxylic acids is 2. The number of quaternary nitrogens is 1. The Balaban J connectivity index is 2.10. The number of carboxylic acid groups (broad SMARTS) is 1. The fraction of sp³-hybridized carbons (Fsp3) is 0.636. The molecular formula is C22H36N2O3. The molecule has 0 saturated carbocycles. The first-order valence-electron chi connectivity index (χ1n) is 10.1. The molecule has 5 nitrogen and oxygen atoms in total. The highest BCUT2D eigenvalue weighted by Gasteiger charge is 2.20. The molecule has 1 atom stereocenters. The number of carbonyl (C=O) groups is 2. The van der Waals surface area contributed by atoms with Crippen LogP contribution in [0.25, 0.3) is 0 Å². The number of rotatable bonds is 14. The molecule has 0 spiro atoms. The van der Waals surface area contributed by atoms with Crippen LogP contribution in [0.15, 0.2) is 30.3 Å². The number of likely N-dealkylation sites (N-methyl/N-ethyl adjacent to an activating group) is 1. The largest absolute Gasteiger partial charge is 0.550 e. The van der Waals surface area contributed by atoms with Crippen LogP contribution in [0, 0.1) is 0 Å². The van der Waals surface area contributed by atoms with Gasteiger partial charge in [-0.15, -0.1) is 0 Å². The van der Waals surface area contributed by atoms with Crippen LogP contribution >= 0.6 is 0 Å². The molecule has 0 bridgehead atoms. The predicted octanol–water partition coefficient (Wildman–Crippen LogP) is 2.29. The maximum atomic E-state index is 12.1. The number of unbranched alkanes of at least 4 members (excludes halogenated alkanes) is 5. The van der Waals surface area contributed by atoms with Crippen molar-refractivity contribution < 1.29 is 19.2 Å². The first-order chi connectivity index (χ1) is 12.8. The Morgan fingerprint density at radius 3 is 2.15 bits per heavy atom. The zero-order valence-corrected chi connectivity index (χ0v) is 17.2. The highest BCUT2D eigenvalue weighted by Crippen LogP contribution is 2.11. The minimum absolute atomic E-state index is 0.0567. The van der Waals surface area contributed by atoms with Gasteiger partial charge in [-0.2, -0.15) is 0 Å². The number of carboxylic acids is 1. The van der Waals surface area contributed by atoms with Gasteiger partial charge in [-0.25, -0.2) is 0 Å². The highest BCUT2D eigenvalue weighted by molar-refractivity contribution is 5.77. The SMILES string of the molecule is C[N+](C)(C)CC(CC(=O)[O-])NC(=O)CCCCCCCCc1ccccc1. The fourth-order valence-electron chi connectivity index (χ4n) is 3.29. The normalized spacial score (nSPS) is 12.6. The van der Waals surface area contributed by atoms with E-state index >= 15 is 0 Å². The average Bonchev–Trinajstić information content (AvgIpc) is 2.56. The zero-order chi connectivity index (χ0) is 20.1. The van der Waals surface area contributed by atoms with E-state index in [1.807, 2.05) is 27.2 Å². The summed E-state index contributed by atoms with van der Waals surface area (Å²) in [5.41, 5.74) is 1.40. The van der Waals surface area contributed by atoms with Crippen molar-refractivity contribution in [2.75, 3.05) is 27.7 Å². The van der Waals surface area contributed by atoms with E-state index in [2.05, 4.69) is 29.6 Å². The standard InChI is InChI=1S/C22H36N2O3/c1-24(2,3)18-20(17-22(26)27)23-21(25)16-12-7-5-4-6-9-13-19-14-10-8-11-15-19/h8,10-11,14-15,20H,4-7,9,12-13,16-18H2,1-3H3,(H-,23,25,26,27). The Kier molecular flexibility index (Phi) is 10.7. The van der Waals surface area contributed by atoms with E-state index in [1.54, 1.807) is 0 Å². The summed E-state index contributed by atoms with van der Waals surface area (Å²) in [5.74, 6) is -1.18. The molecule has 1 unspecified atom stereocenters. The number of aryl methyl sites for hydroxylation is 1. The first-order valence-corrected chi connectivity index (χ1v) is 10.1. The summed E-state index contributed by atoms with van der Waals surface area (Å²) in [4.78, 5) is 23.0. The molecule has 1 aromatic carbocycles. The number of nitrogens with one attached hydrogen (secondary N) is 1. The van der Waals surface area contributed by atoms with Crippen molar-refractivity contribution in [1.82, 2.24) is 5.32 Å². The van der Waals surface area contributed by atoms with E-state index in [1.165, 1.54) is 24.8 Å². The minimum atomic E-state index is -1.12. The molecule has 0 heterocycles. The molecule has 0 aliphatic heterocycles. The maximum Gasteiger partial charge on any atom is 0.220 e. The van der Waals surface area contributed by atoms with Gasteiger partial charge in [0.25, 0.3) is 0 Å². The van der Waals surface area contributed by atoms with Gasteiger partial charge in [0.15, 0.2) is 0 Å². The van der Waals surface area contributed by atoms with Gasteiger partial charge in [0.2, 0.25) is 5.91 Å². The monoisotopic (exact) mass is 376 g/mol. The zero-order valence-electron chi connectivity index (χ0n) is 17.2. The van der Waals surface area contributed by atoms with Crippen molar-refractivity contribution in [3.05, 3.63) is 35.9 Å². The Morgan fingerprint density at radius 1 is 0.963 bits per heavy atom. The molecule has 1 aromatic rings. The Hall–Kier alpha value is -1.88. The fourth-order valence-corrected chi connectivity index (χ4v) is 3.29. The summed E-state index contributed by atoms with van der Waals surface area (Å²) in [7, 11) is 5.94. The van der Waals surface area contributed by atoms with Gasteiger partial charge in [0, 0.05) is 18.8 Å². The quantitative estimate of drug-likeness (QED) is 0.400. The van der Waals surface area contributed by atoms with Gasteiger partial charge in [-0.1, -0.05) is 56.0 Å². The van der Waals surface area contributed by atoms with Crippen molar-refractivity contribution in [2.24, 2.45) is 0 Å². The van der Waals surface area contributed by atoms with E-state index in [4.69, 9.17) is 0 Å². The van der Waals surface area contributed by atoms with E-state index < -0.39 is 5.97 Å². The van der Waals surface area contributed by atoms with Crippen molar-refractivity contribution in [1.29, 1.82) is 0 Å². The molecule has 0 aliphatic carbocycles. The molecule has 1 amide bonds. The van der Waals surface area contributed by atoms with E-state index in [-0.39, 0.29) is 18.4 Å². The number of nitrogens with zero attached hydrogens (tertiary/aromatic N) is 1. The van der Waals surface area contributed by atoms with Crippen molar-refractivity contribution in [2.45, 2.75) is 63.8 Å². The lowest BCUT2D eigenvalue weighted by Crippen LogP contribution is -2.50. The number of hydrogen-bond acceptors (Lipinski definition) is 3. The van der Waals surface area contributed by atoms with Crippen LogP contribution < -0.4 is 10.4 Å². The second kappa shape index (κ2) is 12.5. The van der Waals surface area contributed by atoms with Crippen LogP contribution in [-0.4, -0.2) is 50.1 Å². The average molecular weight is 377 g/mol. The molecule has 0 aliphatic rings. The van der Waals surface area contributed by atoms with Crippen LogP contribution in [0.3, 0.4) is 0 Å². The number of benzene rings is 1. The lowest BCUT2D eigenvalue weighted by atomic mass is 10.0. The molecule has 5 heteroatoms. The number of amides is 1. The van der Waals surface area contributed by atoms with Crippen molar-refractivity contribution in [3.8, 4) is 0 Å². The number of aliphatic carboxylic acids is 1. The third kappa shape index (κ3) is 13.0. The summed E-state index contributed by atoms with van der Waals surface area (Å²) in [6.45, 7) is 0.571. The summed E-state index contributed by atoms with van der Waals surface area (Å²) in [6, 6.07) is 10.2. The van der Waals surface area contributed by atoms with Gasteiger partial charge in [0.05, 0.1) is 33.7 Å². The van der Waals surface area contributed by atoms with Gasteiger partial charge >= 0.3 is 0 Å². The summed E-state index contributed by atoms with van der Waals surface area (Å²) < 4.78 is 0.598. The molecule has 0 saturated heterocycles. The molecule has 1 rings (SSSR count). The topological polar surface area (TPSA) is 69.2 Å². The van der Waals surface area contributed by atoms with Crippen LogP contribution in [0.2, 0.25) is 0 Å². The maximum absolute atomic E-state index is 12.1.